The number of guanidine groups is 1. The van der Waals surface area contributed by atoms with Crippen molar-refractivity contribution in [2.45, 2.75) is 50.6 Å². The van der Waals surface area contributed by atoms with Crippen molar-refractivity contribution in [2.24, 2.45) is 4.99 Å². The van der Waals surface area contributed by atoms with Crippen LogP contribution in [-0.2, 0) is 4.74 Å². The van der Waals surface area contributed by atoms with Crippen LogP contribution in [0, 0.1) is 0 Å². The Morgan fingerprint density at radius 1 is 1.00 bits per heavy atom. The molecule has 160 valence electrons. The molecule has 2 N–H and O–H groups in total. The zero-order valence-corrected chi connectivity index (χ0v) is 17.8. The smallest absolute Gasteiger partial charge is 0.191 e. The Morgan fingerprint density at radius 3 is 2.39 bits per heavy atom. The molecule has 0 aromatic rings. The first-order valence-electron chi connectivity index (χ1n) is 11.6. The molecule has 0 radical (unpaired) electrons. The zero-order chi connectivity index (χ0) is 19.2. The molecule has 0 spiro atoms. The summed E-state index contributed by atoms with van der Waals surface area (Å²) >= 11 is 0. The number of rotatable bonds is 6. The second-order valence-electron chi connectivity index (χ2n) is 8.95. The van der Waals surface area contributed by atoms with Crippen LogP contribution in [0.3, 0.4) is 0 Å². The maximum Gasteiger partial charge on any atom is 0.191 e. The van der Waals surface area contributed by atoms with Crippen LogP contribution < -0.4 is 10.6 Å². The van der Waals surface area contributed by atoms with Gasteiger partial charge in [0.25, 0.3) is 0 Å². The third-order valence-electron chi connectivity index (χ3n) is 7.24. The average molecular weight is 393 g/mol. The molecule has 1 atom stereocenters. The first kappa shape index (κ1) is 20.4. The fourth-order valence-corrected chi connectivity index (χ4v) is 5.52. The second kappa shape index (κ2) is 9.74. The molecular formula is C21H40N6O. The minimum absolute atomic E-state index is 0.240. The molecule has 4 heterocycles. The van der Waals surface area contributed by atoms with Crippen molar-refractivity contribution in [1.82, 2.24) is 25.3 Å². The van der Waals surface area contributed by atoms with E-state index in [2.05, 4.69) is 32.3 Å². The van der Waals surface area contributed by atoms with E-state index >= 15 is 0 Å². The maximum absolute atomic E-state index is 5.62. The van der Waals surface area contributed by atoms with Crippen molar-refractivity contribution in [3.63, 3.8) is 0 Å². The monoisotopic (exact) mass is 392 g/mol. The van der Waals surface area contributed by atoms with Crippen LogP contribution in [0.15, 0.2) is 4.99 Å². The first-order chi connectivity index (χ1) is 13.8. The van der Waals surface area contributed by atoms with Gasteiger partial charge in [0.05, 0.1) is 19.8 Å². The molecule has 0 aromatic carbocycles. The lowest BCUT2D eigenvalue weighted by molar-refractivity contribution is -0.0333. The molecule has 4 saturated heterocycles. The fourth-order valence-electron chi connectivity index (χ4n) is 5.52. The van der Waals surface area contributed by atoms with Crippen molar-refractivity contribution >= 4 is 5.96 Å². The summed E-state index contributed by atoms with van der Waals surface area (Å²) in [6, 6.07) is 0.620. The summed E-state index contributed by atoms with van der Waals surface area (Å²) in [5.74, 6) is 0.998. The lowest BCUT2D eigenvalue weighted by Gasteiger charge is -2.48. The Kier molecular flexibility index (Phi) is 7.09. The van der Waals surface area contributed by atoms with Gasteiger partial charge in [-0.05, 0) is 19.8 Å². The van der Waals surface area contributed by atoms with E-state index in [4.69, 9.17) is 9.73 Å². The minimum Gasteiger partial charge on any atom is -0.379 e. The standard InChI is InChI=1S/C21H40N6O/c1-2-22-20(23-16-19-17-25-8-10-26(19)11-9-25)24-18-21(6-4-3-5-7-21)27-12-14-28-15-13-27/h19H,2-18H2,1H3,(H2,22,23,24). The fraction of sp³-hybridized carbons (Fsp3) is 0.952. The molecule has 7 heteroatoms. The molecule has 0 aromatic heterocycles. The van der Waals surface area contributed by atoms with Crippen molar-refractivity contribution in [3.05, 3.63) is 0 Å². The summed E-state index contributed by atoms with van der Waals surface area (Å²) in [5, 5.41) is 7.15. The van der Waals surface area contributed by atoms with Gasteiger partial charge in [-0.2, -0.15) is 0 Å². The second-order valence-corrected chi connectivity index (χ2v) is 8.95. The van der Waals surface area contributed by atoms with Gasteiger partial charge in [0.2, 0.25) is 0 Å². The van der Waals surface area contributed by atoms with Crippen molar-refractivity contribution in [3.8, 4) is 0 Å². The van der Waals surface area contributed by atoms with E-state index in [-0.39, 0.29) is 5.54 Å². The minimum atomic E-state index is 0.240. The number of ether oxygens (including phenoxy) is 1. The highest BCUT2D eigenvalue weighted by molar-refractivity contribution is 5.79. The molecule has 28 heavy (non-hydrogen) atoms. The van der Waals surface area contributed by atoms with Gasteiger partial charge >= 0.3 is 0 Å². The normalized spacial score (nSPS) is 33.6. The molecule has 0 amide bonds. The van der Waals surface area contributed by atoms with Gasteiger partial charge in [0.15, 0.2) is 5.96 Å². The highest BCUT2D eigenvalue weighted by Crippen LogP contribution is 2.34. The number of aliphatic imine (C=N–C) groups is 1. The number of hydrogen-bond acceptors (Lipinski definition) is 5. The molecule has 1 aliphatic carbocycles. The summed E-state index contributed by atoms with van der Waals surface area (Å²) in [4.78, 5) is 13.0. The molecule has 1 saturated carbocycles. The summed E-state index contributed by atoms with van der Waals surface area (Å²) in [7, 11) is 0. The Morgan fingerprint density at radius 2 is 1.75 bits per heavy atom. The van der Waals surface area contributed by atoms with E-state index in [0.717, 1.165) is 51.9 Å². The van der Waals surface area contributed by atoms with Crippen molar-refractivity contribution < 1.29 is 4.74 Å². The molecule has 7 nitrogen and oxygen atoms in total. The predicted molar refractivity (Wildman–Crippen MR) is 114 cm³/mol. The van der Waals surface area contributed by atoms with E-state index in [0.29, 0.717) is 6.04 Å². The SMILES string of the molecule is CCNC(=NCC1(N2CCOCC2)CCCCC1)NCC1CN2CCN1CC2. The Bertz CT molecular complexity index is 507. The van der Waals surface area contributed by atoms with E-state index in [9.17, 15) is 0 Å². The molecular weight excluding hydrogens is 352 g/mol. The quantitative estimate of drug-likeness (QED) is 0.509. The van der Waals surface area contributed by atoms with Crippen LogP contribution in [0.25, 0.3) is 0 Å². The van der Waals surface area contributed by atoms with Gasteiger partial charge in [0, 0.05) is 70.5 Å². The Hall–Kier alpha value is -0.890. The summed E-state index contributed by atoms with van der Waals surface area (Å²) in [6.45, 7) is 15.0. The molecule has 4 aliphatic heterocycles. The third kappa shape index (κ3) is 4.81. The number of hydrogen-bond donors (Lipinski definition) is 2. The van der Waals surface area contributed by atoms with Crippen molar-refractivity contribution in [2.75, 3.05) is 78.7 Å². The molecule has 1 unspecified atom stereocenters. The lowest BCUT2D eigenvalue weighted by Crippen LogP contribution is -2.64. The van der Waals surface area contributed by atoms with Gasteiger partial charge in [-0.3, -0.25) is 19.7 Å². The van der Waals surface area contributed by atoms with Crippen LogP contribution in [0.4, 0.5) is 0 Å². The number of fused-ring (bicyclic) bond motifs is 3. The first-order valence-corrected chi connectivity index (χ1v) is 11.6. The summed E-state index contributed by atoms with van der Waals surface area (Å²) in [6.07, 6.45) is 6.61. The van der Waals surface area contributed by atoms with Gasteiger partial charge in [-0.1, -0.05) is 19.3 Å². The largest absolute Gasteiger partial charge is 0.379 e. The number of morpholine rings is 1. The third-order valence-corrected chi connectivity index (χ3v) is 7.24. The summed E-state index contributed by atoms with van der Waals surface area (Å²) in [5.41, 5.74) is 0.240. The van der Waals surface area contributed by atoms with Crippen molar-refractivity contribution in [1.29, 1.82) is 0 Å². The predicted octanol–water partition coefficient (Wildman–Crippen LogP) is 0.576. The molecule has 5 fully saturated rings. The molecule has 5 aliphatic rings. The number of nitrogens with one attached hydrogen (secondary N) is 2. The highest BCUT2D eigenvalue weighted by atomic mass is 16.5. The number of nitrogens with zero attached hydrogens (tertiary/aromatic N) is 4. The summed E-state index contributed by atoms with van der Waals surface area (Å²) < 4.78 is 5.62. The average Bonchev–Trinajstić information content (AvgIpc) is 2.78. The van der Waals surface area contributed by atoms with Crippen LogP contribution in [0.1, 0.15) is 39.0 Å². The lowest BCUT2D eigenvalue weighted by atomic mass is 9.80. The van der Waals surface area contributed by atoms with Crippen LogP contribution in [0.2, 0.25) is 0 Å². The van der Waals surface area contributed by atoms with E-state index < -0.39 is 0 Å². The van der Waals surface area contributed by atoms with E-state index in [1.54, 1.807) is 0 Å². The Balaban J connectivity index is 1.37. The topological polar surface area (TPSA) is 55.4 Å². The van der Waals surface area contributed by atoms with E-state index in [1.165, 1.54) is 64.8 Å². The molecule has 2 bridgehead atoms. The van der Waals surface area contributed by atoms with Gasteiger partial charge in [-0.15, -0.1) is 0 Å². The highest BCUT2D eigenvalue weighted by Gasteiger charge is 2.38. The van der Waals surface area contributed by atoms with Crippen LogP contribution in [0.5, 0.6) is 0 Å². The van der Waals surface area contributed by atoms with Gasteiger partial charge in [-0.25, -0.2) is 0 Å². The van der Waals surface area contributed by atoms with Gasteiger partial charge in [0.1, 0.15) is 0 Å². The molecule has 5 rings (SSSR count). The van der Waals surface area contributed by atoms with E-state index in [1.807, 2.05) is 0 Å². The maximum atomic E-state index is 5.62. The van der Waals surface area contributed by atoms with Crippen LogP contribution in [-0.4, -0.2) is 111 Å². The van der Waals surface area contributed by atoms with Gasteiger partial charge < -0.3 is 15.4 Å². The zero-order valence-electron chi connectivity index (χ0n) is 17.8. The number of piperazine rings is 3. The Labute approximate surface area is 170 Å². The van der Waals surface area contributed by atoms with Crippen LogP contribution >= 0.6 is 0 Å².